The molecule has 0 spiro atoms. The minimum absolute atomic E-state index is 0.141. The lowest BCUT2D eigenvalue weighted by Gasteiger charge is -2.29. The summed E-state index contributed by atoms with van der Waals surface area (Å²) >= 11 is 6.34. The van der Waals surface area contributed by atoms with E-state index in [2.05, 4.69) is 0 Å². The van der Waals surface area contributed by atoms with Crippen molar-refractivity contribution in [2.24, 2.45) is 0 Å². The number of likely N-dealkylation sites (tertiary alicyclic amines) is 1. The molecule has 3 aromatic carbocycles. The second-order valence-electron chi connectivity index (χ2n) is 7.45. The number of carbonyl (C=O) groups excluding carboxylic acids is 2. The lowest BCUT2D eigenvalue weighted by Crippen LogP contribution is -2.41. The number of halogens is 1. The van der Waals surface area contributed by atoms with Crippen molar-refractivity contribution in [1.29, 1.82) is 0 Å². The molecule has 1 aliphatic rings. The van der Waals surface area contributed by atoms with Gasteiger partial charge in [-0.2, -0.15) is 0 Å². The van der Waals surface area contributed by atoms with Crippen molar-refractivity contribution in [2.45, 2.75) is 24.9 Å². The first-order valence-corrected chi connectivity index (χ1v) is 10.3. The molecule has 6 heteroatoms. The zero-order chi connectivity index (χ0) is 22.0. The number of benzene rings is 3. The van der Waals surface area contributed by atoms with Crippen LogP contribution in [0.25, 0.3) is 0 Å². The third-order valence-electron chi connectivity index (χ3n) is 5.60. The summed E-state index contributed by atoms with van der Waals surface area (Å²) in [4.78, 5) is 39.2. The maximum Gasteiger partial charge on any atom is 0.326 e. The predicted octanol–water partition coefficient (Wildman–Crippen LogP) is 5.00. The maximum absolute atomic E-state index is 13.3. The van der Waals surface area contributed by atoms with E-state index in [-0.39, 0.29) is 5.78 Å². The Labute approximate surface area is 184 Å². The van der Waals surface area contributed by atoms with E-state index in [1.165, 1.54) is 4.90 Å². The van der Waals surface area contributed by atoms with E-state index in [0.717, 1.165) is 5.56 Å². The Morgan fingerprint density at radius 3 is 2.00 bits per heavy atom. The molecule has 0 unspecified atom stereocenters. The first kappa shape index (κ1) is 20.8. The number of nitrogens with zero attached hydrogens (tertiary/aromatic N) is 1. The molecular formula is C25H20ClNO4. The summed E-state index contributed by atoms with van der Waals surface area (Å²) in [7, 11) is 0. The second kappa shape index (κ2) is 8.74. The normalized spacial score (nSPS) is 18.0. The van der Waals surface area contributed by atoms with Crippen molar-refractivity contribution in [2.75, 3.05) is 0 Å². The van der Waals surface area contributed by atoms with Crippen molar-refractivity contribution >= 4 is 29.3 Å². The molecule has 0 aliphatic carbocycles. The molecule has 1 heterocycles. The van der Waals surface area contributed by atoms with Crippen LogP contribution in [0.1, 0.15) is 50.7 Å². The van der Waals surface area contributed by atoms with Crippen molar-refractivity contribution < 1.29 is 19.5 Å². The van der Waals surface area contributed by atoms with E-state index in [9.17, 15) is 19.5 Å². The zero-order valence-electron chi connectivity index (χ0n) is 16.6. The van der Waals surface area contributed by atoms with E-state index < -0.39 is 24.0 Å². The average Bonchev–Trinajstić information content (AvgIpc) is 3.24. The van der Waals surface area contributed by atoms with Crippen LogP contribution in [-0.2, 0) is 4.79 Å². The van der Waals surface area contributed by atoms with Crippen molar-refractivity contribution in [3.05, 3.63) is 106 Å². The van der Waals surface area contributed by atoms with Crippen molar-refractivity contribution in [3.8, 4) is 0 Å². The van der Waals surface area contributed by atoms with Gasteiger partial charge in [-0.1, -0.05) is 72.3 Å². The molecule has 31 heavy (non-hydrogen) atoms. The molecule has 156 valence electrons. The third-order valence-corrected chi connectivity index (χ3v) is 5.94. The van der Waals surface area contributed by atoms with Gasteiger partial charge >= 0.3 is 5.97 Å². The van der Waals surface area contributed by atoms with Gasteiger partial charge in [-0.25, -0.2) is 4.79 Å². The van der Waals surface area contributed by atoms with Crippen molar-refractivity contribution in [3.63, 3.8) is 0 Å². The quantitative estimate of drug-likeness (QED) is 0.574. The topological polar surface area (TPSA) is 74.7 Å². The molecular weight excluding hydrogens is 414 g/mol. The van der Waals surface area contributed by atoms with Crippen LogP contribution in [0.5, 0.6) is 0 Å². The Balaban J connectivity index is 1.63. The highest BCUT2D eigenvalue weighted by Gasteiger charge is 2.42. The Morgan fingerprint density at radius 2 is 1.35 bits per heavy atom. The summed E-state index contributed by atoms with van der Waals surface area (Å²) < 4.78 is 0. The Hall–Kier alpha value is -3.44. The molecule has 0 bridgehead atoms. The zero-order valence-corrected chi connectivity index (χ0v) is 17.3. The number of hydrogen-bond donors (Lipinski definition) is 1. The number of ketones is 1. The molecule has 1 amide bonds. The van der Waals surface area contributed by atoms with Crippen LogP contribution in [0.4, 0.5) is 0 Å². The molecule has 1 fully saturated rings. The highest BCUT2D eigenvalue weighted by atomic mass is 35.5. The maximum atomic E-state index is 13.3. The molecule has 4 rings (SSSR count). The summed E-state index contributed by atoms with van der Waals surface area (Å²) in [6, 6.07) is 21.0. The highest BCUT2D eigenvalue weighted by molar-refractivity contribution is 6.31. The number of amides is 1. The third kappa shape index (κ3) is 4.09. The van der Waals surface area contributed by atoms with Crippen LogP contribution < -0.4 is 0 Å². The van der Waals surface area contributed by atoms with Gasteiger partial charge in [0.05, 0.1) is 6.04 Å². The smallest absolute Gasteiger partial charge is 0.326 e. The molecule has 2 atom stereocenters. The summed E-state index contributed by atoms with van der Waals surface area (Å²) in [5.41, 5.74) is 2.08. The highest BCUT2D eigenvalue weighted by Crippen LogP contribution is 2.40. The van der Waals surface area contributed by atoms with Gasteiger partial charge in [0.2, 0.25) is 0 Å². The predicted molar refractivity (Wildman–Crippen MR) is 117 cm³/mol. The lowest BCUT2D eigenvalue weighted by molar-refractivity contribution is -0.141. The first-order valence-electron chi connectivity index (χ1n) is 9.97. The summed E-state index contributed by atoms with van der Waals surface area (Å²) in [6.07, 6.45) is 0.860. The van der Waals surface area contributed by atoms with Crippen LogP contribution in [0.3, 0.4) is 0 Å². The minimum atomic E-state index is -1.04. The molecule has 1 aliphatic heterocycles. The van der Waals surface area contributed by atoms with Gasteiger partial charge in [-0.15, -0.1) is 0 Å². The van der Waals surface area contributed by atoms with Crippen LogP contribution >= 0.6 is 11.6 Å². The average molecular weight is 434 g/mol. The van der Waals surface area contributed by atoms with Gasteiger partial charge in [0.25, 0.3) is 5.91 Å². The Morgan fingerprint density at radius 1 is 0.774 bits per heavy atom. The van der Waals surface area contributed by atoms with Gasteiger partial charge in [0.1, 0.15) is 6.04 Å². The van der Waals surface area contributed by atoms with Crippen LogP contribution in [-0.4, -0.2) is 33.7 Å². The van der Waals surface area contributed by atoms with Crippen LogP contribution in [0.2, 0.25) is 5.02 Å². The molecule has 1 N–H and O–H groups in total. The van der Waals surface area contributed by atoms with Gasteiger partial charge in [-0.05, 0) is 36.6 Å². The van der Waals surface area contributed by atoms with Gasteiger partial charge in [-0.3, -0.25) is 9.59 Å². The number of carboxylic acid groups (broad SMARTS) is 1. The van der Waals surface area contributed by atoms with E-state index in [4.69, 9.17) is 11.6 Å². The van der Waals surface area contributed by atoms with Gasteiger partial charge in [0, 0.05) is 21.7 Å². The molecule has 0 radical (unpaired) electrons. The van der Waals surface area contributed by atoms with E-state index in [0.29, 0.717) is 34.6 Å². The number of rotatable bonds is 5. The molecule has 1 saturated heterocycles. The summed E-state index contributed by atoms with van der Waals surface area (Å²) in [5, 5.41) is 10.2. The number of carboxylic acids is 1. The van der Waals surface area contributed by atoms with E-state index in [1.807, 2.05) is 18.2 Å². The standard InChI is InChI=1S/C25H20ClNO4/c26-20-9-5-4-8-19(20)21-14-15-22(25(30)31)27(21)24(29)18-12-10-17(11-13-18)23(28)16-6-2-1-3-7-16/h1-13,21-22H,14-15H2,(H,30,31)/t21-,22+/m1/s1. The largest absolute Gasteiger partial charge is 0.480 e. The Kier molecular flexibility index (Phi) is 5.87. The van der Waals surface area contributed by atoms with E-state index in [1.54, 1.807) is 60.7 Å². The monoisotopic (exact) mass is 433 g/mol. The lowest BCUT2D eigenvalue weighted by atomic mass is 10.0. The molecule has 5 nitrogen and oxygen atoms in total. The fourth-order valence-corrected chi connectivity index (χ4v) is 4.32. The fraction of sp³-hybridized carbons (Fsp3) is 0.160. The first-order chi connectivity index (χ1) is 15.0. The van der Waals surface area contributed by atoms with Gasteiger partial charge < -0.3 is 10.0 Å². The molecule has 0 saturated carbocycles. The minimum Gasteiger partial charge on any atom is -0.480 e. The SMILES string of the molecule is O=C(c1ccccc1)c1ccc(C(=O)N2[C@@H](c3ccccc3Cl)CC[C@H]2C(=O)O)cc1. The van der Waals surface area contributed by atoms with Crippen molar-refractivity contribution in [1.82, 2.24) is 4.90 Å². The van der Waals surface area contributed by atoms with Crippen LogP contribution in [0.15, 0.2) is 78.9 Å². The summed E-state index contributed by atoms with van der Waals surface area (Å²) in [5.74, 6) is -1.58. The molecule has 0 aromatic heterocycles. The second-order valence-corrected chi connectivity index (χ2v) is 7.86. The number of aliphatic carboxylic acids is 1. The van der Waals surface area contributed by atoms with Crippen LogP contribution in [0, 0.1) is 0 Å². The molecule has 3 aromatic rings. The Bertz CT molecular complexity index is 1130. The number of carbonyl (C=O) groups is 3. The number of hydrogen-bond acceptors (Lipinski definition) is 3. The van der Waals surface area contributed by atoms with Gasteiger partial charge in [0.15, 0.2) is 5.78 Å². The fourth-order valence-electron chi connectivity index (χ4n) is 4.06. The van der Waals surface area contributed by atoms with E-state index >= 15 is 0 Å². The summed E-state index contributed by atoms with van der Waals surface area (Å²) in [6.45, 7) is 0.